The fourth-order valence-electron chi connectivity index (χ4n) is 3.94. The van der Waals surface area contributed by atoms with Crippen molar-refractivity contribution < 1.29 is 9.59 Å². The number of benzene rings is 1. The number of carbonyl (C=O) groups excluding carboxylic acids is 2. The molecule has 1 saturated carbocycles. The van der Waals surface area contributed by atoms with E-state index in [1.54, 1.807) is 6.07 Å². The first-order chi connectivity index (χ1) is 12.6. The van der Waals surface area contributed by atoms with E-state index in [4.69, 9.17) is 11.6 Å². The van der Waals surface area contributed by atoms with Gasteiger partial charge in [0.15, 0.2) is 0 Å². The number of piperazine rings is 1. The van der Waals surface area contributed by atoms with E-state index in [1.807, 2.05) is 23.1 Å². The Morgan fingerprint density at radius 2 is 1.65 bits per heavy atom. The molecule has 2 aliphatic rings. The Morgan fingerprint density at radius 3 is 2.27 bits per heavy atom. The minimum absolute atomic E-state index is 0.0144. The number of amides is 2. The number of hydrogen-bond acceptors (Lipinski definition) is 3. The molecule has 0 radical (unpaired) electrons. The highest BCUT2D eigenvalue weighted by molar-refractivity contribution is 6.33. The van der Waals surface area contributed by atoms with Crippen LogP contribution < -0.4 is 5.32 Å². The highest BCUT2D eigenvalue weighted by atomic mass is 35.5. The van der Waals surface area contributed by atoms with E-state index < -0.39 is 0 Å². The summed E-state index contributed by atoms with van der Waals surface area (Å²) in [5.41, 5.74) is 0.658. The lowest BCUT2D eigenvalue weighted by molar-refractivity contribution is -0.139. The minimum Gasteiger partial charge on any atom is -0.340 e. The largest absolute Gasteiger partial charge is 0.340 e. The van der Waals surface area contributed by atoms with Crippen molar-refractivity contribution in [2.45, 2.75) is 32.6 Å². The number of halogens is 1. The van der Waals surface area contributed by atoms with Crippen LogP contribution >= 0.6 is 11.6 Å². The van der Waals surface area contributed by atoms with Crippen molar-refractivity contribution in [3.8, 4) is 0 Å². The minimum atomic E-state index is -0.0349. The molecule has 0 bridgehead atoms. The molecule has 1 N–H and O–H groups in total. The van der Waals surface area contributed by atoms with Gasteiger partial charge in [-0.3, -0.25) is 9.59 Å². The zero-order chi connectivity index (χ0) is 18.5. The molecule has 0 atom stereocenters. The molecule has 1 aromatic rings. The molecule has 0 spiro atoms. The van der Waals surface area contributed by atoms with Crippen LogP contribution in [0.4, 0.5) is 5.69 Å². The van der Waals surface area contributed by atoms with Crippen molar-refractivity contribution in [2.24, 2.45) is 11.8 Å². The lowest BCUT2D eigenvalue weighted by Gasteiger charge is -2.37. The van der Waals surface area contributed by atoms with Crippen molar-refractivity contribution >= 4 is 29.1 Å². The van der Waals surface area contributed by atoms with Crippen molar-refractivity contribution in [2.75, 3.05) is 38.0 Å². The molecule has 5 nitrogen and oxygen atoms in total. The number of carbonyl (C=O) groups is 2. The van der Waals surface area contributed by atoms with Crippen LogP contribution in [0.1, 0.15) is 32.6 Å². The SMILES string of the molecule is CCN1CCN(C(=O)C2CCC(C(=O)Nc3ccccc3Cl)CC2)CC1. The lowest BCUT2D eigenvalue weighted by atomic mass is 9.80. The molecule has 1 aliphatic heterocycles. The molecular weight excluding hydrogens is 350 g/mol. The van der Waals surface area contributed by atoms with E-state index in [-0.39, 0.29) is 23.7 Å². The zero-order valence-corrected chi connectivity index (χ0v) is 16.2. The van der Waals surface area contributed by atoms with Gasteiger partial charge in [-0.2, -0.15) is 0 Å². The van der Waals surface area contributed by atoms with Crippen LogP contribution in [-0.2, 0) is 9.59 Å². The van der Waals surface area contributed by atoms with Gasteiger partial charge in [0, 0.05) is 38.0 Å². The maximum Gasteiger partial charge on any atom is 0.227 e. The molecule has 1 aromatic carbocycles. The van der Waals surface area contributed by atoms with Crippen molar-refractivity contribution in [3.05, 3.63) is 29.3 Å². The maximum absolute atomic E-state index is 12.7. The van der Waals surface area contributed by atoms with E-state index in [9.17, 15) is 9.59 Å². The zero-order valence-electron chi connectivity index (χ0n) is 15.4. The maximum atomic E-state index is 12.7. The molecule has 6 heteroatoms. The van der Waals surface area contributed by atoms with Crippen molar-refractivity contribution in [1.82, 2.24) is 9.80 Å². The summed E-state index contributed by atoms with van der Waals surface area (Å²) < 4.78 is 0. The van der Waals surface area contributed by atoms with E-state index in [1.165, 1.54) is 0 Å². The van der Waals surface area contributed by atoms with Gasteiger partial charge in [-0.1, -0.05) is 30.7 Å². The van der Waals surface area contributed by atoms with Crippen LogP contribution in [0.2, 0.25) is 5.02 Å². The first-order valence-electron chi connectivity index (χ1n) is 9.65. The summed E-state index contributed by atoms with van der Waals surface area (Å²) in [7, 11) is 0. The van der Waals surface area contributed by atoms with Gasteiger partial charge in [0.05, 0.1) is 10.7 Å². The van der Waals surface area contributed by atoms with Gasteiger partial charge < -0.3 is 15.1 Å². The topological polar surface area (TPSA) is 52.7 Å². The fourth-order valence-corrected chi connectivity index (χ4v) is 4.13. The number of nitrogens with zero attached hydrogens (tertiary/aromatic N) is 2. The Kier molecular flexibility index (Phi) is 6.54. The molecule has 0 unspecified atom stereocenters. The quantitative estimate of drug-likeness (QED) is 0.876. The summed E-state index contributed by atoms with van der Waals surface area (Å²) in [5, 5.41) is 3.48. The van der Waals surface area contributed by atoms with E-state index >= 15 is 0 Å². The van der Waals surface area contributed by atoms with Gasteiger partial charge in [0.2, 0.25) is 11.8 Å². The Bertz CT molecular complexity index is 636. The molecule has 0 aromatic heterocycles. The number of rotatable bonds is 4. The standard InChI is InChI=1S/C20H28ClN3O2/c1-2-23-11-13-24(14-12-23)20(26)16-9-7-15(8-10-16)19(25)22-18-6-4-3-5-17(18)21/h3-6,15-16H,2,7-14H2,1H3,(H,22,25). The predicted octanol–water partition coefficient (Wildman–Crippen LogP) is 3.25. The highest BCUT2D eigenvalue weighted by Gasteiger charge is 2.33. The van der Waals surface area contributed by atoms with Gasteiger partial charge in [-0.05, 0) is 44.4 Å². The van der Waals surface area contributed by atoms with Crippen LogP contribution in [0.5, 0.6) is 0 Å². The molecule has 1 heterocycles. The molecule has 2 amide bonds. The molecule has 1 aliphatic carbocycles. The summed E-state index contributed by atoms with van der Waals surface area (Å²) in [6, 6.07) is 7.28. The molecule has 3 rings (SSSR count). The third-order valence-electron chi connectivity index (χ3n) is 5.71. The first-order valence-corrected chi connectivity index (χ1v) is 10.0. The summed E-state index contributed by atoms with van der Waals surface area (Å²) in [5.74, 6) is 0.339. The van der Waals surface area contributed by atoms with Gasteiger partial charge in [0.25, 0.3) is 0 Å². The smallest absolute Gasteiger partial charge is 0.227 e. The second-order valence-electron chi connectivity index (χ2n) is 7.28. The normalized spacial score (nSPS) is 24.3. The van der Waals surface area contributed by atoms with Crippen LogP contribution in [0.3, 0.4) is 0 Å². The van der Waals surface area contributed by atoms with Gasteiger partial charge in [0.1, 0.15) is 0 Å². The third kappa shape index (κ3) is 4.57. The molecular formula is C20H28ClN3O2. The molecule has 26 heavy (non-hydrogen) atoms. The van der Waals surface area contributed by atoms with Crippen LogP contribution in [0.15, 0.2) is 24.3 Å². The average Bonchev–Trinajstić information content (AvgIpc) is 2.69. The average molecular weight is 378 g/mol. The first kappa shape index (κ1) is 19.2. The Balaban J connectivity index is 1.47. The number of para-hydroxylation sites is 1. The summed E-state index contributed by atoms with van der Waals surface area (Å²) in [6.07, 6.45) is 3.13. The number of hydrogen-bond donors (Lipinski definition) is 1. The number of anilines is 1. The van der Waals surface area contributed by atoms with Crippen molar-refractivity contribution in [3.63, 3.8) is 0 Å². The van der Waals surface area contributed by atoms with E-state index in [2.05, 4.69) is 17.1 Å². The third-order valence-corrected chi connectivity index (χ3v) is 6.04. The van der Waals surface area contributed by atoms with Crippen LogP contribution in [0, 0.1) is 11.8 Å². The highest BCUT2D eigenvalue weighted by Crippen LogP contribution is 2.32. The van der Waals surface area contributed by atoms with Crippen LogP contribution in [0.25, 0.3) is 0 Å². The summed E-state index contributed by atoms with van der Waals surface area (Å²) in [4.78, 5) is 29.6. The second-order valence-corrected chi connectivity index (χ2v) is 7.68. The van der Waals surface area contributed by atoms with Gasteiger partial charge in [-0.25, -0.2) is 0 Å². The Morgan fingerprint density at radius 1 is 1.04 bits per heavy atom. The van der Waals surface area contributed by atoms with E-state index in [0.717, 1.165) is 58.4 Å². The second kappa shape index (κ2) is 8.87. The van der Waals surface area contributed by atoms with Gasteiger partial charge >= 0.3 is 0 Å². The summed E-state index contributed by atoms with van der Waals surface area (Å²) >= 11 is 6.11. The van der Waals surface area contributed by atoms with Crippen LogP contribution in [-0.4, -0.2) is 54.3 Å². The lowest BCUT2D eigenvalue weighted by Crippen LogP contribution is -2.50. The van der Waals surface area contributed by atoms with E-state index in [0.29, 0.717) is 10.7 Å². The fraction of sp³-hybridized carbons (Fsp3) is 0.600. The monoisotopic (exact) mass is 377 g/mol. The summed E-state index contributed by atoms with van der Waals surface area (Å²) in [6.45, 7) is 6.81. The Hall–Kier alpha value is -1.59. The molecule has 1 saturated heterocycles. The van der Waals surface area contributed by atoms with Crippen molar-refractivity contribution in [1.29, 1.82) is 0 Å². The number of nitrogens with one attached hydrogen (secondary N) is 1. The Labute approximate surface area is 160 Å². The predicted molar refractivity (Wildman–Crippen MR) is 104 cm³/mol. The number of likely N-dealkylation sites (N-methyl/N-ethyl adjacent to an activating group) is 1. The molecule has 2 fully saturated rings. The van der Waals surface area contributed by atoms with Gasteiger partial charge in [-0.15, -0.1) is 0 Å². The molecule has 142 valence electrons.